The number of ether oxygens (including phenoxy) is 1. The molecule has 0 unspecified atom stereocenters. The quantitative estimate of drug-likeness (QED) is 0.271. The molecule has 1 amide bonds. The van der Waals surface area contributed by atoms with E-state index in [1.807, 2.05) is 0 Å². The molecule has 0 saturated heterocycles. The van der Waals surface area contributed by atoms with Gasteiger partial charge in [-0.25, -0.2) is 0 Å². The van der Waals surface area contributed by atoms with Crippen molar-refractivity contribution in [3.8, 4) is 0 Å². The number of thiol groups is 1. The minimum absolute atomic E-state index is 0.0948. The molecule has 0 heterocycles. The fourth-order valence-electron chi connectivity index (χ4n) is 0.156. The SMILES string of the molecule is COC(=S)NNC(=O)S. The average molecular weight is 166 g/mol. The second kappa shape index (κ2) is 4.39. The van der Waals surface area contributed by atoms with Crippen LogP contribution in [-0.2, 0) is 4.74 Å². The van der Waals surface area contributed by atoms with Gasteiger partial charge in [0, 0.05) is 0 Å². The Kier molecular flexibility index (Phi) is 4.16. The molecule has 0 aliphatic rings. The Morgan fingerprint density at radius 1 is 1.67 bits per heavy atom. The van der Waals surface area contributed by atoms with Crippen LogP contribution in [0.15, 0.2) is 0 Å². The maximum atomic E-state index is 10.0. The summed E-state index contributed by atoms with van der Waals surface area (Å²) in [4.78, 5) is 10.0. The molecule has 0 aromatic carbocycles. The van der Waals surface area contributed by atoms with Crippen molar-refractivity contribution in [2.24, 2.45) is 0 Å². The van der Waals surface area contributed by atoms with Gasteiger partial charge in [0.2, 0.25) is 0 Å². The standard InChI is InChI=1S/C3H6N2O2S2/c1-7-3(9)5-4-2(6)8/h1H3,(H,5,9)(H2,4,6,8). The molecule has 0 saturated carbocycles. The summed E-state index contributed by atoms with van der Waals surface area (Å²) in [7, 11) is 1.39. The van der Waals surface area contributed by atoms with Crippen LogP contribution in [0.2, 0.25) is 0 Å². The van der Waals surface area contributed by atoms with Crippen LogP contribution >= 0.6 is 24.8 Å². The third-order valence-corrected chi connectivity index (χ3v) is 0.837. The molecule has 6 heteroatoms. The van der Waals surface area contributed by atoms with Crippen LogP contribution in [0.1, 0.15) is 0 Å². The number of carbonyl (C=O) groups excluding carboxylic acids is 1. The lowest BCUT2D eigenvalue weighted by Gasteiger charge is -2.03. The highest BCUT2D eigenvalue weighted by Gasteiger charge is 1.91. The van der Waals surface area contributed by atoms with E-state index in [-0.39, 0.29) is 5.17 Å². The predicted molar refractivity (Wildman–Crippen MR) is 40.3 cm³/mol. The van der Waals surface area contributed by atoms with Crippen molar-refractivity contribution in [2.75, 3.05) is 7.11 Å². The highest BCUT2D eigenvalue weighted by Crippen LogP contribution is 1.73. The number of amides is 1. The van der Waals surface area contributed by atoms with E-state index in [1.165, 1.54) is 7.11 Å². The van der Waals surface area contributed by atoms with E-state index in [4.69, 9.17) is 0 Å². The number of methoxy groups -OCH3 is 1. The van der Waals surface area contributed by atoms with Gasteiger partial charge in [-0.05, 0) is 12.2 Å². The lowest BCUT2D eigenvalue weighted by molar-refractivity contribution is 0.258. The molecule has 0 rings (SSSR count). The van der Waals surface area contributed by atoms with E-state index >= 15 is 0 Å². The Balaban J connectivity index is 3.28. The topological polar surface area (TPSA) is 50.4 Å². The number of hydrazine groups is 1. The first-order valence-corrected chi connectivity index (χ1v) is 2.85. The minimum Gasteiger partial charge on any atom is -0.473 e. The van der Waals surface area contributed by atoms with Crippen LogP contribution in [0.4, 0.5) is 4.79 Å². The highest BCUT2D eigenvalue weighted by atomic mass is 32.1. The van der Waals surface area contributed by atoms with Crippen molar-refractivity contribution in [3.63, 3.8) is 0 Å². The summed E-state index contributed by atoms with van der Waals surface area (Å²) in [6.07, 6.45) is 0. The van der Waals surface area contributed by atoms with E-state index in [2.05, 4.69) is 40.4 Å². The van der Waals surface area contributed by atoms with E-state index < -0.39 is 5.24 Å². The van der Waals surface area contributed by atoms with Gasteiger partial charge >= 0.3 is 0 Å². The maximum absolute atomic E-state index is 10.0. The van der Waals surface area contributed by atoms with Crippen LogP contribution < -0.4 is 10.9 Å². The van der Waals surface area contributed by atoms with Crippen molar-refractivity contribution in [2.45, 2.75) is 0 Å². The van der Waals surface area contributed by atoms with Crippen molar-refractivity contribution < 1.29 is 9.53 Å². The molecule has 0 atom stereocenters. The summed E-state index contributed by atoms with van der Waals surface area (Å²) >= 11 is 7.88. The molecule has 0 spiro atoms. The summed E-state index contributed by atoms with van der Waals surface area (Å²) in [5.74, 6) is 0. The number of hydrogen-bond acceptors (Lipinski definition) is 3. The molecule has 0 aromatic heterocycles. The smallest absolute Gasteiger partial charge is 0.294 e. The van der Waals surface area contributed by atoms with Gasteiger partial charge in [-0.3, -0.25) is 15.6 Å². The van der Waals surface area contributed by atoms with E-state index in [9.17, 15) is 4.79 Å². The third kappa shape index (κ3) is 5.38. The normalized spacial score (nSPS) is 7.78. The summed E-state index contributed by atoms with van der Waals surface area (Å²) in [6, 6.07) is 0. The second-order valence-electron chi connectivity index (χ2n) is 1.05. The van der Waals surface area contributed by atoms with E-state index in [1.54, 1.807) is 0 Å². The predicted octanol–water partition coefficient (Wildman–Crippen LogP) is 0.0617. The molecule has 4 nitrogen and oxygen atoms in total. The first kappa shape index (κ1) is 8.51. The Morgan fingerprint density at radius 2 is 2.22 bits per heavy atom. The largest absolute Gasteiger partial charge is 0.473 e. The molecule has 0 aliphatic carbocycles. The van der Waals surface area contributed by atoms with Gasteiger partial charge < -0.3 is 4.74 Å². The van der Waals surface area contributed by atoms with Gasteiger partial charge in [-0.2, -0.15) is 0 Å². The summed E-state index contributed by atoms with van der Waals surface area (Å²) < 4.78 is 4.47. The maximum Gasteiger partial charge on any atom is 0.294 e. The van der Waals surface area contributed by atoms with Crippen LogP contribution in [0.25, 0.3) is 0 Å². The van der Waals surface area contributed by atoms with Gasteiger partial charge in [0.1, 0.15) is 0 Å². The van der Waals surface area contributed by atoms with Gasteiger partial charge in [-0.1, -0.05) is 12.6 Å². The third-order valence-electron chi connectivity index (χ3n) is 0.457. The Bertz CT molecular complexity index is 127. The van der Waals surface area contributed by atoms with Gasteiger partial charge in [-0.15, -0.1) is 0 Å². The fourth-order valence-corrected chi connectivity index (χ4v) is 0.262. The highest BCUT2D eigenvalue weighted by molar-refractivity contribution is 7.96. The summed E-state index contributed by atoms with van der Waals surface area (Å²) in [6.45, 7) is 0. The summed E-state index contributed by atoms with van der Waals surface area (Å²) in [5, 5.41) is -0.424. The lowest BCUT2D eigenvalue weighted by atomic mass is 11.2. The molecule has 2 N–H and O–H groups in total. The average Bonchev–Trinajstić information content (AvgIpc) is 1.83. The second-order valence-corrected chi connectivity index (χ2v) is 1.82. The number of nitrogens with one attached hydrogen (secondary N) is 2. The lowest BCUT2D eigenvalue weighted by Crippen LogP contribution is -2.38. The van der Waals surface area contributed by atoms with Crippen LogP contribution in [0, 0.1) is 0 Å². The molecular formula is C3H6N2O2S2. The van der Waals surface area contributed by atoms with Gasteiger partial charge in [0.25, 0.3) is 10.4 Å². The molecule has 0 aliphatic heterocycles. The Labute approximate surface area is 63.3 Å². The van der Waals surface area contributed by atoms with Crippen molar-refractivity contribution >= 4 is 35.3 Å². The zero-order chi connectivity index (χ0) is 7.28. The van der Waals surface area contributed by atoms with Crippen LogP contribution in [0.3, 0.4) is 0 Å². The first-order chi connectivity index (χ1) is 4.16. The molecule has 0 radical (unpaired) electrons. The Hall–Kier alpha value is -0.490. The molecule has 0 aromatic rings. The van der Waals surface area contributed by atoms with Crippen molar-refractivity contribution in [1.29, 1.82) is 0 Å². The number of rotatable bonds is 0. The van der Waals surface area contributed by atoms with Crippen LogP contribution in [-0.4, -0.2) is 17.5 Å². The van der Waals surface area contributed by atoms with E-state index in [0.717, 1.165) is 0 Å². The van der Waals surface area contributed by atoms with Crippen molar-refractivity contribution in [1.82, 2.24) is 10.9 Å². The molecule has 0 fully saturated rings. The summed E-state index contributed by atoms with van der Waals surface area (Å²) in [5.41, 5.74) is 4.37. The zero-order valence-electron chi connectivity index (χ0n) is 4.67. The first-order valence-electron chi connectivity index (χ1n) is 1.99. The van der Waals surface area contributed by atoms with Gasteiger partial charge in [0.15, 0.2) is 0 Å². The van der Waals surface area contributed by atoms with Crippen molar-refractivity contribution in [3.05, 3.63) is 0 Å². The van der Waals surface area contributed by atoms with Crippen LogP contribution in [0.5, 0.6) is 0 Å². The molecule has 9 heavy (non-hydrogen) atoms. The Morgan fingerprint density at radius 3 is 2.56 bits per heavy atom. The number of carbonyl (C=O) groups is 1. The number of thiocarbonyl (C=S) groups is 1. The monoisotopic (exact) mass is 166 g/mol. The molecule has 0 bridgehead atoms. The fraction of sp³-hybridized carbons (Fsp3) is 0.333. The van der Waals surface area contributed by atoms with E-state index in [0.29, 0.717) is 0 Å². The number of hydrogen-bond donors (Lipinski definition) is 3. The molecular weight excluding hydrogens is 160 g/mol. The molecule has 52 valence electrons. The zero-order valence-corrected chi connectivity index (χ0v) is 6.38. The van der Waals surface area contributed by atoms with Gasteiger partial charge in [0.05, 0.1) is 7.11 Å². The minimum atomic E-state index is -0.519.